The number of benzene rings is 1. The summed E-state index contributed by atoms with van der Waals surface area (Å²) >= 11 is 2.89. The second kappa shape index (κ2) is 8.49. The molecule has 0 spiro atoms. The minimum Gasteiger partial charge on any atom is -0.326 e. The molecule has 0 aliphatic carbocycles. The third kappa shape index (κ3) is 4.84. The summed E-state index contributed by atoms with van der Waals surface area (Å²) in [6.07, 6.45) is 0. The number of carbonyl (C=O) groups excluding carboxylic acids is 2. The molecule has 1 amide bonds. The summed E-state index contributed by atoms with van der Waals surface area (Å²) in [5.41, 5.74) is 1.27. The molecule has 3 rings (SSSR count). The van der Waals surface area contributed by atoms with Crippen LogP contribution in [0.1, 0.15) is 31.1 Å². The smallest absolute Gasteiger partial charge is 0.226 e. The maximum atomic E-state index is 12.7. The van der Waals surface area contributed by atoms with Gasteiger partial charge in [0.25, 0.3) is 0 Å². The van der Waals surface area contributed by atoms with Gasteiger partial charge >= 0.3 is 0 Å². The van der Waals surface area contributed by atoms with Gasteiger partial charge in [-0.1, -0.05) is 31.7 Å². The van der Waals surface area contributed by atoms with Crippen molar-refractivity contribution in [2.75, 3.05) is 5.32 Å². The molecule has 8 heteroatoms. The van der Waals surface area contributed by atoms with Crippen LogP contribution in [0.2, 0.25) is 0 Å². The van der Waals surface area contributed by atoms with Crippen LogP contribution in [0.4, 0.5) is 5.69 Å². The highest BCUT2D eigenvalue weighted by atomic mass is 32.2. The van der Waals surface area contributed by atoms with Gasteiger partial charge in [-0.15, -0.1) is 16.4 Å². The molecule has 0 aliphatic heterocycles. The van der Waals surface area contributed by atoms with Crippen molar-refractivity contribution in [3.05, 3.63) is 47.3 Å². The second-order valence-electron chi connectivity index (χ2n) is 6.29. The van der Waals surface area contributed by atoms with Crippen LogP contribution < -0.4 is 5.32 Å². The molecule has 27 heavy (non-hydrogen) atoms. The van der Waals surface area contributed by atoms with E-state index in [1.165, 1.54) is 11.8 Å². The van der Waals surface area contributed by atoms with Crippen LogP contribution in [0, 0.1) is 5.92 Å². The van der Waals surface area contributed by atoms with E-state index in [9.17, 15) is 9.59 Å². The zero-order chi connectivity index (χ0) is 19.4. The average molecular weight is 401 g/mol. The van der Waals surface area contributed by atoms with Gasteiger partial charge in [-0.3, -0.25) is 14.7 Å². The normalized spacial score (nSPS) is 12.1. The molecule has 0 bridgehead atoms. The number of aromatic nitrogens is 3. The van der Waals surface area contributed by atoms with E-state index in [4.69, 9.17) is 0 Å². The standard InChI is InChI=1S/C19H20N4O2S2/c1-11(2)18(25)20-14-8-6-13(7-9-14)16(24)12(3)27-19-21-17(22-23-19)15-5-4-10-26-15/h4-12H,1-3H3,(H,20,25)(H,21,22,23)/t12-/m0/s1. The van der Waals surface area contributed by atoms with Crippen molar-refractivity contribution in [1.29, 1.82) is 0 Å². The number of ketones is 1. The zero-order valence-electron chi connectivity index (χ0n) is 15.2. The summed E-state index contributed by atoms with van der Waals surface area (Å²) in [5, 5.41) is 12.1. The largest absolute Gasteiger partial charge is 0.326 e. The Hall–Kier alpha value is -2.45. The first kappa shape index (κ1) is 19.3. The fourth-order valence-corrected chi connectivity index (χ4v) is 3.74. The third-order valence-electron chi connectivity index (χ3n) is 3.83. The number of hydrogen-bond acceptors (Lipinski definition) is 6. The number of anilines is 1. The highest BCUT2D eigenvalue weighted by Crippen LogP contribution is 2.27. The molecule has 140 valence electrons. The Morgan fingerprint density at radius 2 is 1.89 bits per heavy atom. The predicted molar refractivity (Wildman–Crippen MR) is 109 cm³/mol. The SMILES string of the molecule is CC(C)C(=O)Nc1ccc(C(=O)[C@H](C)Sc2n[nH]c(-c3cccs3)n2)cc1. The van der Waals surface area contributed by atoms with E-state index in [0.717, 1.165) is 4.88 Å². The number of hydrogen-bond donors (Lipinski definition) is 2. The van der Waals surface area contributed by atoms with Crippen molar-refractivity contribution in [2.45, 2.75) is 31.2 Å². The highest BCUT2D eigenvalue weighted by molar-refractivity contribution is 8.00. The number of amides is 1. The number of carbonyl (C=O) groups is 2. The molecule has 2 heterocycles. The summed E-state index contributed by atoms with van der Waals surface area (Å²) in [4.78, 5) is 29.8. The molecular formula is C19H20N4O2S2. The molecule has 1 aromatic carbocycles. The van der Waals surface area contributed by atoms with Gasteiger partial charge in [0.2, 0.25) is 11.1 Å². The topological polar surface area (TPSA) is 87.7 Å². The first-order chi connectivity index (χ1) is 12.9. The van der Waals surface area contributed by atoms with Gasteiger partial charge in [0.05, 0.1) is 10.1 Å². The van der Waals surface area contributed by atoms with Gasteiger partial charge < -0.3 is 5.32 Å². The van der Waals surface area contributed by atoms with Crippen molar-refractivity contribution in [2.24, 2.45) is 5.92 Å². The van der Waals surface area contributed by atoms with Gasteiger partial charge in [0, 0.05) is 17.2 Å². The summed E-state index contributed by atoms with van der Waals surface area (Å²) in [7, 11) is 0. The van der Waals surface area contributed by atoms with E-state index < -0.39 is 0 Å². The molecule has 6 nitrogen and oxygen atoms in total. The molecule has 0 aliphatic rings. The lowest BCUT2D eigenvalue weighted by atomic mass is 10.1. The molecule has 1 atom stereocenters. The Balaban J connectivity index is 1.62. The number of thiophene rings is 1. The Morgan fingerprint density at radius 1 is 1.15 bits per heavy atom. The van der Waals surface area contributed by atoms with Crippen molar-refractivity contribution in [3.63, 3.8) is 0 Å². The van der Waals surface area contributed by atoms with Gasteiger partial charge in [0.15, 0.2) is 11.6 Å². The van der Waals surface area contributed by atoms with Crippen LogP contribution in [-0.4, -0.2) is 32.1 Å². The van der Waals surface area contributed by atoms with Crippen LogP contribution in [-0.2, 0) is 4.79 Å². The molecule has 0 saturated carbocycles. The molecule has 3 aromatic rings. The number of Topliss-reactive ketones (excluding diaryl/α,β-unsaturated/α-hetero) is 1. The van der Waals surface area contributed by atoms with Crippen LogP contribution >= 0.6 is 23.1 Å². The van der Waals surface area contributed by atoms with E-state index >= 15 is 0 Å². The van der Waals surface area contributed by atoms with Crippen molar-refractivity contribution in [1.82, 2.24) is 15.2 Å². The number of aromatic amines is 1. The molecule has 0 radical (unpaired) electrons. The van der Waals surface area contributed by atoms with Gasteiger partial charge in [-0.2, -0.15) is 0 Å². The first-order valence-electron chi connectivity index (χ1n) is 8.52. The van der Waals surface area contributed by atoms with E-state index in [1.807, 2.05) is 38.3 Å². The summed E-state index contributed by atoms with van der Waals surface area (Å²) in [6, 6.07) is 10.9. The monoisotopic (exact) mass is 400 g/mol. The summed E-state index contributed by atoms with van der Waals surface area (Å²) in [5.74, 6) is 0.550. The quantitative estimate of drug-likeness (QED) is 0.451. The van der Waals surface area contributed by atoms with Crippen molar-refractivity contribution in [3.8, 4) is 10.7 Å². The Labute approximate surface area is 165 Å². The van der Waals surface area contributed by atoms with E-state index in [0.29, 0.717) is 22.2 Å². The lowest BCUT2D eigenvalue weighted by Gasteiger charge is -2.10. The molecule has 2 N–H and O–H groups in total. The first-order valence-corrected chi connectivity index (χ1v) is 10.3. The van der Waals surface area contributed by atoms with Crippen molar-refractivity contribution >= 4 is 40.5 Å². The van der Waals surface area contributed by atoms with E-state index in [2.05, 4.69) is 20.5 Å². The van der Waals surface area contributed by atoms with Crippen molar-refractivity contribution < 1.29 is 9.59 Å². The maximum Gasteiger partial charge on any atom is 0.226 e. The lowest BCUT2D eigenvalue weighted by Crippen LogP contribution is -2.18. The highest BCUT2D eigenvalue weighted by Gasteiger charge is 2.19. The molecule has 2 aromatic heterocycles. The number of nitrogens with one attached hydrogen (secondary N) is 2. The zero-order valence-corrected chi connectivity index (χ0v) is 16.9. The van der Waals surface area contributed by atoms with E-state index in [-0.39, 0.29) is 22.9 Å². The second-order valence-corrected chi connectivity index (χ2v) is 8.55. The predicted octanol–water partition coefficient (Wildman–Crippen LogP) is 4.49. The van der Waals surface area contributed by atoms with Crippen LogP contribution in [0.25, 0.3) is 10.7 Å². The Kier molecular flexibility index (Phi) is 6.08. The van der Waals surface area contributed by atoms with Gasteiger partial charge in [-0.25, -0.2) is 4.98 Å². The fraction of sp³-hybridized carbons (Fsp3) is 0.263. The summed E-state index contributed by atoms with van der Waals surface area (Å²) in [6.45, 7) is 5.50. The Bertz CT molecular complexity index is 918. The van der Waals surface area contributed by atoms with Crippen LogP contribution in [0.3, 0.4) is 0 Å². The minimum absolute atomic E-state index is 0.00999. The van der Waals surface area contributed by atoms with E-state index in [1.54, 1.807) is 35.6 Å². The molecule has 0 unspecified atom stereocenters. The minimum atomic E-state index is -0.326. The number of thioether (sulfide) groups is 1. The molecule has 0 fully saturated rings. The third-order valence-corrected chi connectivity index (χ3v) is 5.67. The summed E-state index contributed by atoms with van der Waals surface area (Å²) < 4.78 is 0. The van der Waals surface area contributed by atoms with Crippen LogP contribution in [0.5, 0.6) is 0 Å². The average Bonchev–Trinajstić information content (AvgIpc) is 3.33. The van der Waals surface area contributed by atoms with Gasteiger partial charge in [-0.05, 0) is 42.6 Å². The number of H-pyrrole nitrogens is 1. The number of rotatable bonds is 7. The Morgan fingerprint density at radius 3 is 2.52 bits per heavy atom. The van der Waals surface area contributed by atoms with Crippen LogP contribution in [0.15, 0.2) is 46.9 Å². The maximum absolute atomic E-state index is 12.7. The molecule has 0 saturated heterocycles. The molecular weight excluding hydrogens is 380 g/mol. The lowest BCUT2D eigenvalue weighted by molar-refractivity contribution is -0.118. The van der Waals surface area contributed by atoms with Gasteiger partial charge in [0.1, 0.15) is 0 Å². The number of nitrogens with zero attached hydrogens (tertiary/aromatic N) is 2. The fourth-order valence-electron chi connectivity index (χ4n) is 2.27.